The summed E-state index contributed by atoms with van der Waals surface area (Å²) >= 11 is 10.5. The van der Waals surface area contributed by atoms with Gasteiger partial charge in [-0.25, -0.2) is 0 Å². The summed E-state index contributed by atoms with van der Waals surface area (Å²) in [7, 11) is 2.83. The Kier molecular flexibility index (Phi) is 6.19. The van der Waals surface area contributed by atoms with E-state index in [1.54, 1.807) is 0 Å². The number of carbonyl (C=O) groups excluding carboxylic acids is 2. The summed E-state index contributed by atoms with van der Waals surface area (Å²) in [6, 6.07) is 2.91. The minimum absolute atomic E-state index is 0.0668. The lowest BCUT2D eigenvalue weighted by atomic mass is 10.2. The smallest absolute Gasteiger partial charge is 0.313 e. The Hall–Kier alpha value is -2.06. The van der Waals surface area contributed by atoms with Gasteiger partial charge in [-0.05, 0) is 0 Å². The van der Waals surface area contributed by atoms with Gasteiger partial charge < -0.3 is 25.8 Å². The van der Waals surface area contributed by atoms with E-state index < -0.39 is 11.8 Å². The van der Waals surface area contributed by atoms with Crippen LogP contribution < -0.4 is 25.8 Å². The summed E-state index contributed by atoms with van der Waals surface area (Å²) < 4.78 is 10.1. The van der Waals surface area contributed by atoms with Gasteiger partial charge >= 0.3 is 11.8 Å². The number of methoxy groups -OCH3 is 2. The fourth-order valence-corrected chi connectivity index (χ4v) is 1.69. The van der Waals surface area contributed by atoms with Crippen LogP contribution in [0.4, 0.5) is 5.69 Å². The number of nitrogens with one attached hydrogen (secondary N) is 2. The highest BCUT2D eigenvalue weighted by molar-refractivity contribution is 7.80. The predicted molar refractivity (Wildman–Crippen MR) is 83.0 cm³/mol. The van der Waals surface area contributed by atoms with Crippen molar-refractivity contribution in [1.82, 2.24) is 5.32 Å². The highest BCUT2D eigenvalue weighted by Gasteiger charge is 2.17. The second kappa shape index (κ2) is 7.65. The highest BCUT2D eigenvalue weighted by atomic mass is 35.5. The second-order valence-corrected chi connectivity index (χ2v) is 4.72. The average molecular weight is 332 g/mol. The number of halogens is 1. The zero-order valence-electron chi connectivity index (χ0n) is 11.4. The molecular weight excluding hydrogens is 318 g/mol. The van der Waals surface area contributed by atoms with Crippen LogP contribution in [0.5, 0.6) is 11.5 Å². The molecule has 4 N–H and O–H groups in total. The summed E-state index contributed by atoms with van der Waals surface area (Å²) in [5.74, 6) is -1.15. The topological polar surface area (TPSA) is 103 Å². The molecular formula is C12H14ClN3O4S. The van der Waals surface area contributed by atoms with Crippen LogP contribution >= 0.6 is 23.8 Å². The van der Waals surface area contributed by atoms with Crippen LogP contribution in [0.25, 0.3) is 0 Å². The number of benzene rings is 1. The van der Waals surface area contributed by atoms with E-state index in [2.05, 4.69) is 22.9 Å². The molecule has 2 amide bonds. The minimum atomic E-state index is -0.895. The molecule has 0 saturated carbocycles. The van der Waals surface area contributed by atoms with Crippen LogP contribution in [0.3, 0.4) is 0 Å². The standard InChI is InChI=1S/C12H14ClN3O4S/c1-19-8-4-7(9(20-2)3-6(8)13)16-12(18)11(17)15-5-10(14)21/h3-4H,5H2,1-2H3,(H2,14,21)(H,15,17)(H,16,18). The van der Waals surface area contributed by atoms with Gasteiger partial charge in [0.1, 0.15) is 11.5 Å². The van der Waals surface area contributed by atoms with Gasteiger partial charge in [0.2, 0.25) is 0 Å². The van der Waals surface area contributed by atoms with Gasteiger partial charge in [0.05, 0.1) is 36.5 Å². The molecule has 0 aliphatic heterocycles. The van der Waals surface area contributed by atoms with Crippen LogP contribution in [0.15, 0.2) is 12.1 Å². The summed E-state index contributed by atoms with van der Waals surface area (Å²) in [5.41, 5.74) is 5.47. The molecule has 0 atom stereocenters. The third-order valence-electron chi connectivity index (χ3n) is 2.35. The number of nitrogens with two attached hydrogens (primary N) is 1. The van der Waals surface area contributed by atoms with Crippen molar-refractivity contribution in [1.29, 1.82) is 0 Å². The van der Waals surface area contributed by atoms with Gasteiger partial charge in [0, 0.05) is 12.1 Å². The van der Waals surface area contributed by atoms with Gasteiger partial charge in [-0.2, -0.15) is 0 Å². The number of hydrogen-bond donors (Lipinski definition) is 3. The maximum absolute atomic E-state index is 11.7. The van der Waals surface area contributed by atoms with Crippen molar-refractivity contribution < 1.29 is 19.1 Å². The fourth-order valence-electron chi connectivity index (χ4n) is 1.38. The Morgan fingerprint density at radius 2 is 1.86 bits per heavy atom. The Morgan fingerprint density at radius 1 is 1.24 bits per heavy atom. The largest absolute Gasteiger partial charge is 0.495 e. The fraction of sp³-hybridized carbons (Fsp3) is 0.250. The summed E-state index contributed by atoms with van der Waals surface area (Å²) in [5, 5.41) is 4.96. The number of carbonyl (C=O) groups is 2. The van der Waals surface area contributed by atoms with E-state index in [0.29, 0.717) is 10.8 Å². The van der Waals surface area contributed by atoms with E-state index in [9.17, 15) is 9.59 Å². The molecule has 0 aliphatic rings. The number of ether oxygens (including phenoxy) is 2. The Bertz CT molecular complexity index is 580. The molecule has 0 unspecified atom stereocenters. The first kappa shape index (κ1) is 17.0. The lowest BCUT2D eigenvalue weighted by molar-refractivity contribution is -0.135. The molecule has 0 aromatic heterocycles. The summed E-state index contributed by atoms with van der Waals surface area (Å²) in [6.07, 6.45) is 0. The van der Waals surface area contributed by atoms with E-state index in [1.807, 2.05) is 0 Å². The molecule has 1 rings (SSSR count). The number of hydrogen-bond acceptors (Lipinski definition) is 5. The number of rotatable bonds is 5. The Balaban J connectivity index is 2.88. The molecule has 21 heavy (non-hydrogen) atoms. The van der Waals surface area contributed by atoms with Crippen molar-refractivity contribution in [2.24, 2.45) is 5.73 Å². The zero-order valence-corrected chi connectivity index (χ0v) is 12.9. The van der Waals surface area contributed by atoms with Crippen LogP contribution in [-0.4, -0.2) is 37.6 Å². The molecule has 7 nitrogen and oxygen atoms in total. The molecule has 1 aromatic carbocycles. The monoisotopic (exact) mass is 331 g/mol. The average Bonchev–Trinajstić information content (AvgIpc) is 2.45. The molecule has 0 radical (unpaired) electrons. The van der Waals surface area contributed by atoms with Crippen molar-refractivity contribution in [3.05, 3.63) is 17.2 Å². The molecule has 0 heterocycles. The van der Waals surface area contributed by atoms with E-state index >= 15 is 0 Å². The van der Waals surface area contributed by atoms with Crippen molar-refractivity contribution in [2.45, 2.75) is 0 Å². The van der Waals surface area contributed by atoms with Crippen LogP contribution in [0.2, 0.25) is 5.02 Å². The Morgan fingerprint density at radius 3 is 2.38 bits per heavy atom. The SMILES string of the molecule is COc1cc(NC(=O)C(=O)NCC(N)=S)c(OC)cc1Cl. The van der Waals surface area contributed by atoms with Crippen molar-refractivity contribution in [3.63, 3.8) is 0 Å². The highest BCUT2D eigenvalue weighted by Crippen LogP contribution is 2.35. The molecule has 0 bridgehead atoms. The van der Waals surface area contributed by atoms with Crippen molar-refractivity contribution in [3.8, 4) is 11.5 Å². The predicted octanol–water partition coefficient (Wildman–Crippen LogP) is 0.698. The summed E-state index contributed by atoms with van der Waals surface area (Å²) in [6.45, 7) is -0.0668. The number of amides is 2. The third-order valence-corrected chi connectivity index (χ3v) is 2.79. The van der Waals surface area contributed by atoms with Crippen molar-refractivity contribution in [2.75, 3.05) is 26.1 Å². The lowest BCUT2D eigenvalue weighted by Gasteiger charge is -2.13. The number of thiocarbonyl (C=S) groups is 1. The van der Waals surface area contributed by atoms with Gasteiger partial charge in [-0.15, -0.1) is 0 Å². The molecule has 0 spiro atoms. The second-order valence-electron chi connectivity index (χ2n) is 3.79. The molecule has 0 fully saturated rings. The first-order chi connectivity index (χ1) is 9.88. The molecule has 1 aromatic rings. The third kappa shape index (κ3) is 4.76. The van der Waals surface area contributed by atoms with E-state index in [0.717, 1.165) is 0 Å². The summed E-state index contributed by atoms with van der Waals surface area (Å²) in [4.78, 5) is 23.3. The van der Waals surface area contributed by atoms with E-state index in [4.69, 9.17) is 26.8 Å². The quantitative estimate of drug-likeness (QED) is 0.542. The zero-order chi connectivity index (χ0) is 16.0. The van der Waals surface area contributed by atoms with Crippen LogP contribution in [-0.2, 0) is 9.59 Å². The maximum atomic E-state index is 11.7. The van der Waals surface area contributed by atoms with Gasteiger partial charge in [0.15, 0.2) is 0 Å². The van der Waals surface area contributed by atoms with E-state index in [1.165, 1.54) is 26.4 Å². The normalized spacial score (nSPS) is 9.67. The van der Waals surface area contributed by atoms with Crippen LogP contribution in [0, 0.1) is 0 Å². The van der Waals surface area contributed by atoms with Gasteiger partial charge in [0.25, 0.3) is 0 Å². The molecule has 0 saturated heterocycles. The first-order valence-corrected chi connectivity index (χ1v) is 6.46. The molecule has 0 aliphatic carbocycles. The molecule has 114 valence electrons. The Labute approximate surface area is 131 Å². The van der Waals surface area contributed by atoms with E-state index in [-0.39, 0.29) is 23.0 Å². The molecule has 9 heteroatoms. The van der Waals surface area contributed by atoms with Crippen molar-refractivity contribution >= 4 is 46.3 Å². The minimum Gasteiger partial charge on any atom is -0.495 e. The lowest BCUT2D eigenvalue weighted by Crippen LogP contribution is -2.39. The van der Waals surface area contributed by atoms with Gasteiger partial charge in [-0.1, -0.05) is 23.8 Å². The van der Waals surface area contributed by atoms with Crippen LogP contribution in [0.1, 0.15) is 0 Å². The first-order valence-electron chi connectivity index (χ1n) is 5.68. The number of anilines is 1. The van der Waals surface area contributed by atoms with Gasteiger partial charge in [-0.3, -0.25) is 9.59 Å². The maximum Gasteiger partial charge on any atom is 0.313 e.